The van der Waals surface area contributed by atoms with Crippen LogP contribution in [0.25, 0.3) is 10.9 Å². The summed E-state index contributed by atoms with van der Waals surface area (Å²) in [5, 5.41) is 12.6. The summed E-state index contributed by atoms with van der Waals surface area (Å²) in [5.74, 6) is -0.617. The maximum atomic E-state index is 14.1. The van der Waals surface area contributed by atoms with Crippen molar-refractivity contribution in [2.75, 3.05) is 97.2 Å². The molecule has 2 aliphatic heterocycles. The second-order valence-corrected chi connectivity index (χ2v) is 18.5. The number of nitrogens with one attached hydrogen (secondary N) is 4. The Morgan fingerprint density at radius 2 is 1.60 bits per heavy atom. The van der Waals surface area contributed by atoms with Crippen molar-refractivity contribution >= 4 is 46.2 Å². The van der Waals surface area contributed by atoms with E-state index < -0.39 is 23.7 Å². The number of likely N-dealkylation sites (tertiary alicyclic amines) is 2. The molecule has 0 spiro atoms. The second kappa shape index (κ2) is 25.5. The van der Waals surface area contributed by atoms with E-state index in [2.05, 4.69) is 67.0 Å². The molecule has 0 radical (unpaired) electrons. The number of rotatable bonds is 25. The molecular formula is C50H66F3N11O8. The number of carbonyl (C=O) groups excluding carboxylic acids is 4. The van der Waals surface area contributed by atoms with E-state index in [1.54, 1.807) is 53.6 Å². The first-order valence-electron chi connectivity index (χ1n) is 24.6. The van der Waals surface area contributed by atoms with Crippen LogP contribution in [0.1, 0.15) is 73.5 Å². The summed E-state index contributed by atoms with van der Waals surface area (Å²) >= 11 is 0. The molecule has 4 N–H and O–H groups in total. The van der Waals surface area contributed by atoms with Crippen molar-refractivity contribution in [2.45, 2.75) is 88.4 Å². The number of hydrogen-bond acceptors (Lipinski definition) is 15. The van der Waals surface area contributed by atoms with Gasteiger partial charge in [0, 0.05) is 74.7 Å². The Hall–Kier alpha value is -6.07. The van der Waals surface area contributed by atoms with Gasteiger partial charge in [-0.1, -0.05) is 6.07 Å². The lowest BCUT2D eigenvalue weighted by Crippen LogP contribution is -2.58. The van der Waals surface area contributed by atoms with Gasteiger partial charge < -0.3 is 54.9 Å². The molecule has 1 saturated carbocycles. The molecule has 3 fully saturated rings. The molecule has 1 aliphatic carbocycles. The molecule has 7 rings (SSSR count). The third-order valence-corrected chi connectivity index (χ3v) is 13.6. The van der Waals surface area contributed by atoms with Gasteiger partial charge in [0.25, 0.3) is 5.91 Å². The van der Waals surface area contributed by atoms with Gasteiger partial charge in [0.2, 0.25) is 17.7 Å². The van der Waals surface area contributed by atoms with Crippen LogP contribution in [0.15, 0.2) is 67.4 Å². The van der Waals surface area contributed by atoms with Crippen LogP contribution in [-0.4, -0.2) is 175 Å². The van der Waals surface area contributed by atoms with Gasteiger partial charge in [0.1, 0.15) is 24.0 Å². The normalized spacial score (nSPS) is 21.5. The Balaban J connectivity index is 0.780. The lowest BCUT2D eigenvalue weighted by molar-refractivity contribution is -0.137. The summed E-state index contributed by atoms with van der Waals surface area (Å²) in [4.78, 5) is 75.7. The number of pyridine rings is 2. The second-order valence-electron chi connectivity index (χ2n) is 18.5. The quantitative estimate of drug-likeness (QED) is 0.0681. The van der Waals surface area contributed by atoms with Crippen LogP contribution < -0.4 is 21.3 Å². The molecule has 19 nitrogen and oxygen atoms in total. The van der Waals surface area contributed by atoms with Crippen molar-refractivity contribution < 1.29 is 51.3 Å². The molecule has 4 amide bonds. The van der Waals surface area contributed by atoms with E-state index in [0.29, 0.717) is 109 Å². The van der Waals surface area contributed by atoms with Crippen molar-refractivity contribution in [1.29, 1.82) is 0 Å². The summed E-state index contributed by atoms with van der Waals surface area (Å²) in [6.45, 7) is 8.29. The topological polar surface area (TPSA) is 215 Å². The molecule has 22 heteroatoms. The van der Waals surface area contributed by atoms with Crippen molar-refractivity contribution in [3.63, 3.8) is 0 Å². The minimum atomic E-state index is -4.55. The predicted octanol–water partition coefficient (Wildman–Crippen LogP) is 4.33. The first kappa shape index (κ1) is 53.7. The van der Waals surface area contributed by atoms with E-state index in [-0.39, 0.29) is 71.5 Å². The number of fused-ring (bicyclic) bond motifs is 1. The number of hydrogen-bond donors (Lipinski definition) is 4. The van der Waals surface area contributed by atoms with Gasteiger partial charge in [-0.15, -0.1) is 0 Å². The Labute approximate surface area is 417 Å². The molecule has 5 heterocycles. The fraction of sp³-hybridized carbons (Fsp3) is 0.560. The van der Waals surface area contributed by atoms with E-state index in [1.165, 1.54) is 12.4 Å². The standard InChI is InChI=1S/C50H66F3N11O8/c1-32(2)62(3)36-8-10-42(64-17-12-40(49(64)68)60-46-37-27-35(50(51,52)53)7-9-39(37)58-31-59-46)41(28-36)61-47(66)33-11-14-55-43(26-33)56-15-18-69-20-22-71-24-25-72-23-21-70-19-16-57-48(67)38-29-44(65)63(4)45(38)34-6-5-13-54-30-34/h5-7,9,11,13-14,26-27,30-32,36,38,40-42,45H,8,10,12,15-25,28-29H2,1-4H3,(H,55,56)(H,57,67)(H,61,66)(H,58,59,60)/t36-,38+,40+,41-,42+,45-/m1/s1. The number of aromatic nitrogens is 4. The lowest BCUT2D eigenvalue weighted by Gasteiger charge is -2.44. The number of nitrogens with zero attached hydrogens (tertiary/aromatic N) is 7. The molecule has 2 saturated heterocycles. The van der Waals surface area contributed by atoms with E-state index in [4.69, 9.17) is 18.9 Å². The van der Waals surface area contributed by atoms with Gasteiger partial charge in [-0.2, -0.15) is 13.2 Å². The Bertz CT molecular complexity index is 2440. The van der Waals surface area contributed by atoms with Gasteiger partial charge in [-0.3, -0.25) is 24.2 Å². The molecule has 3 aromatic heterocycles. The van der Waals surface area contributed by atoms with Crippen LogP contribution in [0.2, 0.25) is 0 Å². The van der Waals surface area contributed by atoms with E-state index in [1.807, 2.05) is 6.07 Å². The summed E-state index contributed by atoms with van der Waals surface area (Å²) < 4.78 is 63.2. The number of anilines is 2. The molecule has 72 heavy (non-hydrogen) atoms. The highest BCUT2D eigenvalue weighted by Crippen LogP contribution is 2.37. The van der Waals surface area contributed by atoms with Gasteiger partial charge in [0.15, 0.2) is 0 Å². The summed E-state index contributed by atoms with van der Waals surface area (Å²) in [7, 11) is 3.77. The monoisotopic (exact) mass is 1010 g/mol. The zero-order chi connectivity index (χ0) is 51.2. The zero-order valence-electron chi connectivity index (χ0n) is 41.2. The van der Waals surface area contributed by atoms with E-state index >= 15 is 0 Å². The van der Waals surface area contributed by atoms with Crippen molar-refractivity contribution in [2.24, 2.45) is 5.92 Å². The van der Waals surface area contributed by atoms with Crippen LogP contribution >= 0.6 is 0 Å². The smallest absolute Gasteiger partial charge is 0.377 e. The third kappa shape index (κ3) is 14.1. The Morgan fingerprint density at radius 1 is 0.875 bits per heavy atom. The molecule has 1 aromatic carbocycles. The fourth-order valence-corrected chi connectivity index (χ4v) is 9.55. The van der Waals surface area contributed by atoms with Gasteiger partial charge >= 0.3 is 6.18 Å². The van der Waals surface area contributed by atoms with Gasteiger partial charge in [-0.25, -0.2) is 15.0 Å². The summed E-state index contributed by atoms with van der Waals surface area (Å²) in [6.07, 6.45) is 4.25. The van der Waals surface area contributed by atoms with Crippen molar-refractivity contribution in [3.8, 4) is 0 Å². The minimum Gasteiger partial charge on any atom is -0.377 e. The van der Waals surface area contributed by atoms with E-state index in [0.717, 1.165) is 24.1 Å². The molecule has 3 aliphatic rings. The Morgan fingerprint density at radius 3 is 2.29 bits per heavy atom. The maximum Gasteiger partial charge on any atom is 0.416 e. The highest BCUT2D eigenvalue weighted by molar-refractivity contribution is 5.96. The van der Waals surface area contributed by atoms with Gasteiger partial charge in [-0.05, 0) is 88.5 Å². The van der Waals surface area contributed by atoms with Gasteiger partial charge in [0.05, 0.1) is 88.0 Å². The molecule has 0 unspecified atom stereocenters. The first-order chi connectivity index (χ1) is 34.7. The van der Waals surface area contributed by atoms with Crippen molar-refractivity contribution in [3.05, 3.63) is 84.1 Å². The van der Waals surface area contributed by atoms with Crippen LogP contribution in [-0.2, 0) is 39.5 Å². The molecule has 390 valence electrons. The largest absolute Gasteiger partial charge is 0.416 e. The number of alkyl halides is 3. The highest BCUT2D eigenvalue weighted by Gasteiger charge is 2.44. The number of benzene rings is 1. The molecular weight excluding hydrogens is 940 g/mol. The average molecular weight is 1010 g/mol. The van der Waals surface area contributed by atoms with Crippen LogP contribution in [0, 0.1) is 5.92 Å². The lowest BCUT2D eigenvalue weighted by atomic mass is 9.84. The third-order valence-electron chi connectivity index (χ3n) is 13.6. The number of ether oxygens (including phenoxy) is 4. The maximum absolute atomic E-state index is 14.1. The Kier molecular flexibility index (Phi) is 19.1. The molecule has 0 bridgehead atoms. The minimum absolute atomic E-state index is 0.0801. The first-order valence-corrected chi connectivity index (χ1v) is 24.6. The zero-order valence-corrected chi connectivity index (χ0v) is 41.2. The summed E-state index contributed by atoms with van der Waals surface area (Å²) in [5.41, 5.74) is 0.722. The van der Waals surface area contributed by atoms with Crippen LogP contribution in [0.3, 0.4) is 0 Å². The van der Waals surface area contributed by atoms with Crippen molar-refractivity contribution in [1.82, 2.24) is 45.3 Å². The highest BCUT2D eigenvalue weighted by atomic mass is 19.4. The number of halogens is 3. The fourth-order valence-electron chi connectivity index (χ4n) is 9.55. The predicted molar refractivity (Wildman–Crippen MR) is 261 cm³/mol. The van der Waals surface area contributed by atoms with E-state index in [9.17, 15) is 32.3 Å². The summed E-state index contributed by atoms with van der Waals surface area (Å²) in [6, 6.07) is 8.92. The van der Waals surface area contributed by atoms with Crippen LogP contribution in [0.4, 0.5) is 24.8 Å². The number of amides is 4. The molecule has 4 aromatic rings. The van der Waals surface area contributed by atoms with Crippen LogP contribution in [0.5, 0.6) is 0 Å². The molecule has 6 atom stereocenters. The average Bonchev–Trinajstić information content (AvgIpc) is 3.89. The number of carbonyl (C=O) groups is 4. The SMILES string of the molecule is CC(C)N(C)[C@@H]1CC[C@H](N2CC[C@H](Nc3ncnc4ccc(C(F)(F)F)cc34)C2=O)[C@H](NC(=O)c2ccnc(NCCOCCOCCOCCOCCNC(=O)[C@H]3CC(=O)N(C)[C@@H]3c3cccnc3)c2)C1.